The van der Waals surface area contributed by atoms with Gasteiger partial charge < -0.3 is 11.5 Å². The Kier molecular flexibility index (Phi) is 4.60. The van der Waals surface area contributed by atoms with E-state index >= 15 is 0 Å². The van der Waals surface area contributed by atoms with Crippen molar-refractivity contribution in [2.75, 3.05) is 18.8 Å². The topological polar surface area (TPSA) is 85.2 Å². The predicted molar refractivity (Wildman–Crippen MR) is 79.9 cm³/mol. The number of rotatable bonds is 4. The molecule has 0 atom stereocenters. The number of nitrogens with two attached hydrogens (primary N) is 2. The number of hydrogen-bond acceptors (Lipinski definition) is 4. The summed E-state index contributed by atoms with van der Waals surface area (Å²) in [4.78, 5) is 17.8. The van der Waals surface area contributed by atoms with Crippen molar-refractivity contribution in [1.29, 1.82) is 0 Å². The third-order valence-electron chi connectivity index (χ3n) is 4.25. The molecule has 110 valence electrons. The monoisotopic (exact) mass is 276 g/mol. The highest BCUT2D eigenvalue weighted by Crippen LogP contribution is 2.23. The maximum absolute atomic E-state index is 10.9. The van der Waals surface area contributed by atoms with Crippen LogP contribution < -0.4 is 11.5 Å². The summed E-state index contributed by atoms with van der Waals surface area (Å²) in [5.41, 5.74) is 15.3. The first kappa shape index (κ1) is 14.8. The number of piperidine rings is 1. The molecule has 1 aliphatic rings. The molecule has 0 aromatic carbocycles. The highest BCUT2D eigenvalue weighted by atomic mass is 16.1. The van der Waals surface area contributed by atoms with E-state index < -0.39 is 0 Å². The van der Waals surface area contributed by atoms with E-state index in [1.54, 1.807) is 0 Å². The molecule has 5 heteroatoms. The number of carbonyl (C=O) groups is 1. The molecule has 0 bridgehead atoms. The Hall–Kier alpha value is -1.62. The zero-order valence-corrected chi connectivity index (χ0v) is 12.4. The molecule has 4 N–H and O–H groups in total. The molecule has 1 aliphatic heterocycles. The fourth-order valence-corrected chi connectivity index (χ4v) is 2.80. The van der Waals surface area contributed by atoms with Crippen molar-refractivity contribution in [3.63, 3.8) is 0 Å². The van der Waals surface area contributed by atoms with Crippen molar-refractivity contribution in [3.8, 4) is 0 Å². The van der Waals surface area contributed by atoms with Crippen molar-refractivity contribution in [2.24, 2.45) is 11.7 Å². The van der Waals surface area contributed by atoms with Gasteiger partial charge in [0, 0.05) is 24.8 Å². The lowest BCUT2D eigenvalue weighted by molar-refractivity contribution is -0.119. The minimum Gasteiger partial charge on any atom is -0.398 e. The molecule has 1 amide bonds. The molecule has 1 aromatic rings. The lowest BCUT2D eigenvalue weighted by atomic mass is 9.93. The number of anilines is 1. The van der Waals surface area contributed by atoms with Crippen molar-refractivity contribution < 1.29 is 4.79 Å². The Morgan fingerprint density at radius 3 is 2.65 bits per heavy atom. The number of aromatic nitrogens is 1. The Balaban J connectivity index is 1.93. The SMILES string of the molecule is Cc1cnc(CN2CCC(CC(N)=O)CC2)c(C)c1N. The van der Waals surface area contributed by atoms with Crippen LogP contribution in [0.4, 0.5) is 5.69 Å². The summed E-state index contributed by atoms with van der Waals surface area (Å²) in [6, 6.07) is 0. The van der Waals surface area contributed by atoms with Crippen LogP contribution in [0, 0.1) is 19.8 Å². The summed E-state index contributed by atoms with van der Waals surface area (Å²) >= 11 is 0. The molecule has 20 heavy (non-hydrogen) atoms. The normalized spacial score (nSPS) is 17.3. The van der Waals surface area contributed by atoms with Crippen LogP contribution in [0.15, 0.2) is 6.20 Å². The maximum Gasteiger partial charge on any atom is 0.217 e. The van der Waals surface area contributed by atoms with Gasteiger partial charge in [-0.3, -0.25) is 14.7 Å². The second-order valence-corrected chi connectivity index (χ2v) is 5.82. The highest BCUT2D eigenvalue weighted by Gasteiger charge is 2.21. The summed E-state index contributed by atoms with van der Waals surface area (Å²) in [5, 5.41) is 0. The highest BCUT2D eigenvalue weighted by molar-refractivity contribution is 5.74. The maximum atomic E-state index is 10.9. The van der Waals surface area contributed by atoms with Crippen LogP contribution in [-0.2, 0) is 11.3 Å². The van der Waals surface area contributed by atoms with E-state index in [0.29, 0.717) is 12.3 Å². The molecule has 2 rings (SSSR count). The number of hydrogen-bond donors (Lipinski definition) is 2. The molecule has 5 nitrogen and oxygen atoms in total. The van der Waals surface area contributed by atoms with Gasteiger partial charge in [-0.15, -0.1) is 0 Å². The molecule has 1 saturated heterocycles. The second-order valence-electron chi connectivity index (χ2n) is 5.82. The van der Waals surface area contributed by atoms with Crippen LogP contribution in [0.25, 0.3) is 0 Å². The number of amides is 1. The summed E-state index contributed by atoms with van der Waals surface area (Å²) in [6.45, 7) is 6.83. The summed E-state index contributed by atoms with van der Waals surface area (Å²) in [5.74, 6) is 0.258. The number of aryl methyl sites for hydroxylation is 1. The van der Waals surface area contributed by atoms with Gasteiger partial charge in [-0.25, -0.2) is 0 Å². The Bertz CT molecular complexity index is 493. The molecule has 0 spiro atoms. The van der Waals surface area contributed by atoms with E-state index in [2.05, 4.69) is 9.88 Å². The minimum absolute atomic E-state index is 0.188. The average molecular weight is 276 g/mol. The van der Waals surface area contributed by atoms with Gasteiger partial charge in [-0.1, -0.05) is 0 Å². The van der Waals surface area contributed by atoms with Crippen LogP contribution >= 0.6 is 0 Å². The fourth-order valence-electron chi connectivity index (χ4n) is 2.80. The van der Waals surface area contributed by atoms with Crippen molar-refractivity contribution in [3.05, 3.63) is 23.0 Å². The largest absolute Gasteiger partial charge is 0.398 e. The third-order valence-corrected chi connectivity index (χ3v) is 4.25. The first-order valence-electron chi connectivity index (χ1n) is 7.18. The number of nitrogens with zero attached hydrogens (tertiary/aromatic N) is 2. The first-order valence-corrected chi connectivity index (χ1v) is 7.18. The van der Waals surface area contributed by atoms with Crippen LogP contribution in [0.5, 0.6) is 0 Å². The Morgan fingerprint density at radius 1 is 1.40 bits per heavy atom. The first-order chi connectivity index (χ1) is 9.47. The molecular formula is C15H24N4O. The predicted octanol–water partition coefficient (Wildman–Crippen LogP) is 1.37. The van der Waals surface area contributed by atoms with Crippen molar-refractivity contribution in [2.45, 2.75) is 39.7 Å². The lowest BCUT2D eigenvalue weighted by Gasteiger charge is -2.31. The number of likely N-dealkylation sites (tertiary alicyclic amines) is 1. The molecule has 0 unspecified atom stereocenters. The van der Waals surface area contributed by atoms with E-state index in [1.165, 1.54) is 0 Å². The second kappa shape index (κ2) is 6.22. The van der Waals surface area contributed by atoms with Gasteiger partial charge in [0.15, 0.2) is 0 Å². The zero-order chi connectivity index (χ0) is 14.7. The van der Waals surface area contributed by atoms with Gasteiger partial charge in [0.2, 0.25) is 5.91 Å². The number of carbonyl (C=O) groups excluding carboxylic acids is 1. The summed E-state index contributed by atoms with van der Waals surface area (Å²) in [6.07, 6.45) is 4.42. The van der Waals surface area contributed by atoms with Gasteiger partial charge in [-0.2, -0.15) is 0 Å². The van der Waals surface area contributed by atoms with E-state index in [9.17, 15) is 4.79 Å². The smallest absolute Gasteiger partial charge is 0.217 e. The summed E-state index contributed by atoms with van der Waals surface area (Å²) < 4.78 is 0. The third kappa shape index (κ3) is 3.48. The van der Waals surface area contributed by atoms with Gasteiger partial charge in [0.25, 0.3) is 0 Å². The van der Waals surface area contributed by atoms with Gasteiger partial charge in [0.05, 0.1) is 5.69 Å². The van der Waals surface area contributed by atoms with Crippen molar-refractivity contribution >= 4 is 11.6 Å². The van der Waals surface area contributed by atoms with Crippen molar-refractivity contribution in [1.82, 2.24) is 9.88 Å². The van der Waals surface area contributed by atoms with Gasteiger partial charge in [0.1, 0.15) is 0 Å². The van der Waals surface area contributed by atoms with Crippen LogP contribution in [0.1, 0.15) is 36.1 Å². The van der Waals surface area contributed by atoms with E-state index in [4.69, 9.17) is 11.5 Å². The lowest BCUT2D eigenvalue weighted by Crippen LogP contribution is -2.35. The van der Waals surface area contributed by atoms with E-state index in [-0.39, 0.29) is 5.91 Å². The molecule has 2 heterocycles. The number of pyridine rings is 1. The molecular weight excluding hydrogens is 252 g/mol. The number of nitrogen functional groups attached to an aromatic ring is 1. The zero-order valence-electron chi connectivity index (χ0n) is 12.4. The fraction of sp³-hybridized carbons (Fsp3) is 0.600. The minimum atomic E-state index is -0.188. The Morgan fingerprint density at radius 2 is 2.05 bits per heavy atom. The van der Waals surface area contributed by atoms with Crippen LogP contribution in [0.3, 0.4) is 0 Å². The molecule has 0 aliphatic carbocycles. The van der Waals surface area contributed by atoms with Gasteiger partial charge >= 0.3 is 0 Å². The summed E-state index contributed by atoms with van der Waals surface area (Å²) in [7, 11) is 0. The average Bonchev–Trinajstić information content (AvgIpc) is 2.41. The molecule has 0 radical (unpaired) electrons. The standard InChI is InChI=1S/C15H24N4O/c1-10-8-18-13(11(2)15(10)17)9-19-5-3-12(4-6-19)7-14(16)20/h8,12H,3-7,9H2,1-2H3,(H2,16,20)(H2,17,18). The quantitative estimate of drug-likeness (QED) is 0.869. The number of primary amides is 1. The van der Waals surface area contributed by atoms with Gasteiger partial charge in [-0.05, 0) is 56.8 Å². The molecule has 1 aromatic heterocycles. The molecule has 0 saturated carbocycles. The van der Waals surface area contributed by atoms with Crippen LogP contribution in [-0.4, -0.2) is 28.9 Å². The van der Waals surface area contributed by atoms with E-state index in [0.717, 1.165) is 55.0 Å². The van der Waals surface area contributed by atoms with Crippen LogP contribution in [0.2, 0.25) is 0 Å². The van der Waals surface area contributed by atoms with E-state index in [1.807, 2.05) is 20.0 Å². The Labute approximate surface area is 120 Å². The molecule has 1 fully saturated rings.